The molecule has 1 aromatic carbocycles. The Morgan fingerprint density at radius 3 is 2.41 bits per heavy atom. The number of benzene rings is 1. The van der Waals surface area contributed by atoms with Crippen molar-refractivity contribution in [3.05, 3.63) is 29.8 Å². The lowest BCUT2D eigenvalue weighted by Gasteiger charge is -2.20. The standard InChI is InChI=1S/C17H28N2O3/c1-12(9-15-5-7-16(22-4)8-6-15)10-18-17(21)19-14(3)13(2)11-20/h5-8,12-14,20H,9-11H2,1-4H3,(H2,18,19,21). The van der Waals surface area contributed by atoms with Crippen LogP contribution in [0.3, 0.4) is 0 Å². The summed E-state index contributed by atoms with van der Waals surface area (Å²) in [5.41, 5.74) is 1.22. The molecule has 2 amide bonds. The molecule has 0 spiro atoms. The summed E-state index contributed by atoms with van der Waals surface area (Å²) in [6.45, 7) is 6.57. The van der Waals surface area contributed by atoms with Gasteiger partial charge in [0, 0.05) is 19.2 Å². The van der Waals surface area contributed by atoms with Gasteiger partial charge in [-0.2, -0.15) is 0 Å². The molecule has 0 fully saturated rings. The molecule has 3 N–H and O–H groups in total. The fourth-order valence-electron chi connectivity index (χ4n) is 2.06. The molecule has 1 aromatic rings. The minimum Gasteiger partial charge on any atom is -0.497 e. The van der Waals surface area contributed by atoms with E-state index in [1.807, 2.05) is 38.1 Å². The highest BCUT2D eigenvalue weighted by atomic mass is 16.5. The zero-order valence-corrected chi connectivity index (χ0v) is 13.9. The lowest BCUT2D eigenvalue weighted by molar-refractivity contribution is 0.200. The van der Waals surface area contributed by atoms with E-state index >= 15 is 0 Å². The topological polar surface area (TPSA) is 70.6 Å². The number of urea groups is 1. The summed E-state index contributed by atoms with van der Waals surface area (Å²) < 4.78 is 5.14. The van der Waals surface area contributed by atoms with E-state index in [0.717, 1.165) is 12.2 Å². The first kappa shape index (κ1) is 18.3. The SMILES string of the molecule is COc1ccc(CC(C)CNC(=O)NC(C)C(C)CO)cc1. The molecule has 22 heavy (non-hydrogen) atoms. The zero-order chi connectivity index (χ0) is 16.5. The second-order valence-corrected chi connectivity index (χ2v) is 5.96. The summed E-state index contributed by atoms with van der Waals surface area (Å²) in [7, 11) is 1.65. The molecule has 0 aliphatic carbocycles. The van der Waals surface area contributed by atoms with Gasteiger partial charge in [-0.3, -0.25) is 0 Å². The minimum absolute atomic E-state index is 0.0440. The van der Waals surface area contributed by atoms with Crippen molar-refractivity contribution in [1.82, 2.24) is 10.6 Å². The summed E-state index contributed by atoms with van der Waals surface area (Å²) in [6, 6.07) is 7.73. The third-order valence-corrected chi connectivity index (χ3v) is 3.85. The number of rotatable bonds is 8. The van der Waals surface area contributed by atoms with Crippen molar-refractivity contribution in [1.29, 1.82) is 0 Å². The lowest BCUT2D eigenvalue weighted by atomic mass is 10.0. The zero-order valence-electron chi connectivity index (χ0n) is 13.9. The molecule has 0 saturated carbocycles. The summed E-state index contributed by atoms with van der Waals surface area (Å²) in [4.78, 5) is 11.8. The summed E-state index contributed by atoms with van der Waals surface area (Å²) in [5, 5.41) is 14.8. The van der Waals surface area contributed by atoms with Crippen molar-refractivity contribution in [2.75, 3.05) is 20.3 Å². The quantitative estimate of drug-likeness (QED) is 0.689. The number of aliphatic hydroxyl groups excluding tert-OH is 1. The van der Waals surface area contributed by atoms with Gasteiger partial charge in [-0.1, -0.05) is 26.0 Å². The smallest absolute Gasteiger partial charge is 0.315 e. The fraction of sp³-hybridized carbons (Fsp3) is 0.588. The van der Waals surface area contributed by atoms with E-state index in [1.54, 1.807) is 7.11 Å². The van der Waals surface area contributed by atoms with Gasteiger partial charge >= 0.3 is 6.03 Å². The highest BCUT2D eigenvalue weighted by Crippen LogP contribution is 2.14. The van der Waals surface area contributed by atoms with E-state index in [2.05, 4.69) is 17.6 Å². The highest BCUT2D eigenvalue weighted by molar-refractivity contribution is 5.74. The van der Waals surface area contributed by atoms with E-state index in [9.17, 15) is 4.79 Å². The van der Waals surface area contributed by atoms with Gasteiger partial charge in [0.25, 0.3) is 0 Å². The van der Waals surface area contributed by atoms with Crippen molar-refractivity contribution in [3.8, 4) is 5.75 Å². The van der Waals surface area contributed by atoms with Crippen LogP contribution in [0.15, 0.2) is 24.3 Å². The molecule has 124 valence electrons. The van der Waals surface area contributed by atoms with Gasteiger partial charge in [-0.05, 0) is 42.9 Å². The molecular formula is C17H28N2O3. The highest BCUT2D eigenvalue weighted by Gasteiger charge is 2.14. The predicted octanol–water partition coefficient (Wildman–Crippen LogP) is 2.19. The van der Waals surface area contributed by atoms with E-state index in [0.29, 0.717) is 12.5 Å². The van der Waals surface area contributed by atoms with Crippen molar-refractivity contribution in [2.24, 2.45) is 11.8 Å². The van der Waals surface area contributed by atoms with E-state index in [1.165, 1.54) is 5.56 Å². The molecule has 5 nitrogen and oxygen atoms in total. The van der Waals surface area contributed by atoms with E-state index in [4.69, 9.17) is 9.84 Å². The largest absolute Gasteiger partial charge is 0.497 e. The van der Waals surface area contributed by atoms with Crippen LogP contribution in [0.1, 0.15) is 26.3 Å². The summed E-state index contributed by atoms with van der Waals surface area (Å²) in [6.07, 6.45) is 0.896. The van der Waals surface area contributed by atoms with Crippen LogP contribution >= 0.6 is 0 Å². The maximum atomic E-state index is 11.8. The molecule has 0 aromatic heterocycles. The molecule has 0 aliphatic heterocycles. The van der Waals surface area contributed by atoms with Gasteiger partial charge in [-0.25, -0.2) is 4.79 Å². The Labute approximate surface area is 133 Å². The number of ether oxygens (including phenoxy) is 1. The third-order valence-electron chi connectivity index (χ3n) is 3.85. The number of nitrogens with one attached hydrogen (secondary N) is 2. The Kier molecular flexibility index (Phi) is 7.74. The molecule has 3 unspecified atom stereocenters. The second kappa shape index (κ2) is 9.30. The number of hydrogen-bond acceptors (Lipinski definition) is 3. The van der Waals surface area contributed by atoms with Gasteiger partial charge < -0.3 is 20.5 Å². The van der Waals surface area contributed by atoms with Crippen LogP contribution in [0.2, 0.25) is 0 Å². The Morgan fingerprint density at radius 2 is 1.86 bits per heavy atom. The normalized spacial score (nSPS) is 14.8. The van der Waals surface area contributed by atoms with Crippen molar-refractivity contribution in [2.45, 2.75) is 33.2 Å². The van der Waals surface area contributed by atoms with Crippen LogP contribution in [-0.4, -0.2) is 37.4 Å². The van der Waals surface area contributed by atoms with Crippen LogP contribution in [0.25, 0.3) is 0 Å². The maximum absolute atomic E-state index is 11.8. The van der Waals surface area contributed by atoms with Crippen molar-refractivity contribution < 1.29 is 14.6 Å². The third kappa shape index (κ3) is 6.35. The van der Waals surface area contributed by atoms with Crippen molar-refractivity contribution >= 4 is 6.03 Å². The minimum atomic E-state index is -0.186. The molecule has 3 atom stereocenters. The number of amides is 2. The van der Waals surface area contributed by atoms with Crippen molar-refractivity contribution in [3.63, 3.8) is 0 Å². The molecule has 0 heterocycles. The van der Waals surface area contributed by atoms with Gasteiger partial charge in [0.2, 0.25) is 0 Å². The fourth-order valence-corrected chi connectivity index (χ4v) is 2.06. The Hall–Kier alpha value is -1.75. The molecule has 0 saturated heterocycles. The summed E-state index contributed by atoms with van der Waals surface area (Å²) >= 11 is 0. The van der Waals surface area contributed by atoms with E-state index < -0.39 is 0 Å². The van der Waals surface area contributed by atoms with Crippen LogP contribution in [0, 0.1) is 11.8 Å². The van der Waals surface area contributed by atoms with Gasteiger partial charge in [-0.15, -0.1) is 0 Å². The lowest BCUT2D eigenvalue weighted by Crippen LogP contribution is -2.45. The number of methoxy groups -OCH3 is 1. The number of aliphatic hydroxyl groups is 1. The first-order valence-electron chi connectivity index (χ1n) is 7.74. The Morgan fingerprint density at radius 1 is 1.23 bits per heavy atom. The number of carbonyl (C=O) groups excluding carboxylic acids is 1. The summed E-state index contributed by atoms with van der Waals surface area (Å²) in [5.74, 6) is 1.23. The predicted molar refractivity (Wildman–Crippen MR) is 88.1 cm³/mol. The molecule has 0 radical (unpaired) electrons. The van der Waals surface area contributed by atoms with Gasteiger partial charge in [0.15, 0.2) is 0 Å². The van der Waals surface area contributed by atoms with Crippen LogP contribution in [0.5, 0.6) is 5.75 Å². The Balaban J connectivity index is 2.32. The maximum Gasteiger partial charge on any atom is 0.315 e. The van der Waals surface area contributed by atoms with Crippen LogP contribution in [-0.2, 0) is 6.42 Å². The van der Waals surface area contributed by atoms with Gasteiger partial charge in [0.05, 0.1) is 7.11 Å². The number of carbonyl (C=O) groups is 1. The Bertz CT molecular complexity index is 448. The van der Waals surface area contributed by atoms with Gasteiger partial charge in [0.1, 0.15) is 5.75 Å². The van der Waals surface area contributed by atoms with Crippen LogP contribution in [0.4, 0.5) is 4.79 Å². The average Bonchev–Trinajstić information content (AvgIpc) is 2.52. The second-order valence-electron chi connectivity index (χ2n) is 5.96. The average molecular weight is 308 g/mol. The van der Waals surface area contributed by atoms with E-state index in [-0.39, 0.29) is 24.6 Å². The first-order chi connectivity index (χ1) is 10.5. The first-order valence-corrected chi connectivity index (χ1v) is 7.74. The molecule has 5 heteroatoms. The molecule has 1 rings (SSSR count). The number of hydrogen-bond donors (Lipinski definition) is 3. The monoisotopic (exact) mass is 308 g/mol. The van der Waals surface area contributed by atoms with Crippen LogP contribution < -0.4 is 15.4 Å². The molecule has 0 bridgehead atoms. The molecule has 0 aliphatic rings. The molecular weight excluding hydrogens is 280 g/mol.